The van der Waals surface area contributed by atoms with Gasteiger partial charge in [-0.05, 0) is 0 Å². The number of carbonyl (C=O) groups is 2. The van der Waals surface area contributed by atoms with Gasteiger partial charge in [0.15, 0.2) is 0 Å². The van der Waals surface area contributed by atoms with E-state index < -0.39 is 24.4 Å². The van der Waals surface area contributed by atoms with Crippen molar-refractivity contribution in [1.82, 2.24) is 0 Å². The van der Waals surface area contributed by atoms with E-state index in [9.17, 15) is 9.59 Å². The molecule has 0 aromatic rings. The third-order valence-corrected chi connectivity index (χ3v) is 0.712. The third-order valence-electron chi connectivity index (χ3n) is 0.712. The minimum atomic E-state index is -1.29. The van der Waals surface area contributed by atoms with Crippen LogP contribution in [0.25, 0.3) is 0 Å². The molecule has 0 aromatic carbocycles. The standard InChI is InChI=1S/C4H7NO4.Na.H2O/c5-2(4(8)9)1-3(6)7;;/h2H,1,5H2,(H,6,7)(H,8,9);;1H2/t2-;;/m0../s1. The van der Waals surface area contributed by atoms with Crippen molar-refractivity contribution in [3.05, 3.63) is 0 Å². The number of hydrogen-bond acceptors (Lipinski definition) is 3. The average molecular weight is 174 g/mol. The van der Waals surface area contributed by atoms with Gasteiger partial charge in [-0.1, -0.05) is 0 Å². The molecule has 0 heterocycles. The van der Waals surface area contributed by atoms with E-state index in [-0.39, 0.29) is 35.0 Å². The molecule has 0 amide bonds. The number of hydrogen-bond donors (Lipinski definition) is 3. The second-order valence-corrected chi connectivity index (χ2v) is 1.54. The van der Waals surface area contributed by atoms with Crippen molar-refractivity contribution < 1.29 is 25.3 Å². The molecule has 6 N–H and O–H groups in total. The molecule has 1 atom stereocenters. The van der Waals surface area contributed by atoms with Gasteiger partial charge in [-0.2, -0.15) is 0 Å². The van der Waals surface area contributed by atoms with Gasteiger partial charge in [-0.3, -0.25) is 9.59 Å². The van der Waals surface area contributed by atoms with Crippen molar-refractivity contribution in [3.8, 4) is 0 Å². The Morgan fingerprint density at radius 1 is 1.36 bits per heavy atom. The number of aliphatic carboxylic acids is 2. The summed E-state index contributed by atoms with van der Waals surface area (Å²) in [6, 6.07) is -1.29. The molecular formula is C4H9NNaO5. The Hall–Kier alpha value is -0.140. The molecule has 1 radical (unpaired) electrons. The molecule has 0 saturated carbocycles. The summed E-state index contributed by atoms with van der Waals surface area (Å²) in [6.07, 6.45) is -0.532. The predicted molar refractivity (Wildman–Crippen MR) is 37.2 cm³/mol. The molecule has 0 bridgehead atoms. The minimum absolute atomic E-state index is 0. The maximum absolute atomic E-state index is 9.85. The Morgan fingerprint density at radius 2 is 1.73 bits per heavy atom. The predicted octanol–water partition coefficient (Wildman–Crippen LogP) is -2.33. The zero-order chi connectivity index (χ0) is 7.44. The zero-order valence-corrected chi connectivity index (χ0v) is 8.07. The van der Waals surface area contributed by atoms with Gasteiger partial charge in [-0.15, -0.1) is 0 Å². The Balaban J connectivity index is -0.000000320. The van der Waals surface area contributed by atoms with Crippen molar-refractivity contribution >= 4 is 41.5 Å². The zero-order valence-electron chi connectivity index (χ0n) is 6.07. The summed E-state index contributed by atoms with van der Waals surface area (Å²) in [4.78, 5) is 19.6. The van der Waals surface area contributed by atoms with Gasteiger partial charge in [0.2, 0.25) is 0 Å². The van der Waals surface area contributed by atoms with Gasteiger partial charge < -0.3 is 21.4 Å². The molecule has 0 aliphatic rings. The van der Waals surface area contributed by atoms with Crippen LogP contribution in [0.4, 0.5) is 0 Å². The van der Waals surface area contributed by atoms with Gasteiger partial charge in [-0.25, -0.2) is 0 Å². The van der Waals surface area contributed by atoms with Gasteiger partial charge >= 0.3 is 11.9 Å². The van der Waals surface area contributed by atoms with Crippen molar-refractivity contribution in [2.24, 2.45) is 5.73 Å². The van der Waals surface area contributed by atoms with Crippen LogP contribution >= 0.6 is 0 Å². The molecule has 0 unspecified atom stereocenters. The Labute approximate surface area is 85.0 Å². The molecule has 6 nitrogen and oxygen atoms in total. The molecule has 0 spiro atoms. The molecule has 0 aliphatic heterocycles. The van der Waals surface area contributed by atoms with Gasteiger partial charge in [0.1, 0.15) is 6.04 Å². The van der Waals surface area contributed by atoms with Crippen LogP contribution in [-0.2, 0) is 9.59 Å². The van der Waals surface area contributed by atoms with Gasteiger partial charge in [0.05, 0.1) is 6.42 Å². The molecule has 11 heavy (non-hydrogen) atoms. The van der Waals surface area contributed by atoms with Crippen molar-refractivity contribution in [1.29, 1.82) is 0 Å². The first-order valence-electron chi connectivity index (χ1n) is 2.24. The first-order valence-corrected chi connectivity index (χ1v) is 2.24. The molecule has 7 heteroatoms. The van der Waals surface area contributed by atoms with E-state index in [2.05, 4.69) is 0 Å². The minimum Gasteiger partial charge on any atom is -0.481 e. The maximum Gasteiger partial charge on any atom is 0.321 e. The van der Waals surface area contributed by atoms with E-state index in [1.807, 2.05) is 0 Å². The summed E-state index contributed by atoms with van der Waals surface area (Å²) in [5.74, 6) is -2.50. The summed E-state index contributed by atoms with van der Waals surface area (Å²) in [5, 5.41) is 16.0. The summed E-state index contributed by atoms with van der Waals surface area (Å²) in [5.41, 5.74) is 4.84. The topological polar surface area (TPSA) is 132 Å². The largest absolute Gasteiger partial charge is 0.481 e. The quantitative estimate of drug-likeness (QED) is 0.412. The number of carboxylic acid groups (broad SMARTS) is 2. The van der Waals surface area contributed by atoms with E-state index in [1.165, 1.54) is 0 Å². The van der Waals surface area contributed by atoms with E-state index in [0.717, 1.165) is 0 Å². The van der Waals surface area contributed by atoms with E-state index in [1.54, 1.807) is 0 Å². The first-order chi connectivity index (χ1) is 4.04. The molecule has 61 valence electrons. The maximum atomic E-state index is 9.85. The van der Waals surface area contributed by atoms with Crippen LogP contribution in [0.15, 0.2) is 0 Å². The Morgan fingerprint density at radius 3 is 1.82 bits per heavy atom. The molecule has 0 aromatic heterocycles. The first kappa shape index (κ1) is 17.1. The smallest absolute Gasteiger partial charge is 0.321 e. The van der Waals surface area contributed by atoms with Crippen LogP contribution in [0.5, 0.6) is 0 Å². The fourth-order valence-electron chi connectivity index (χ4n) is 0.275. The van der Waals surface area contributed by atoms with Gasteiger partial charge in [0, 0.05) is 29.6 Å². The van der Waals surface area contributed by atoms with Crippen molar-refractivity contribution in [3.63, 3.8) is 0 Å². The molecule has 0 saturated heterocycles. The van der Waals surface area contributed by atoms with Crippen LogP contribution in [0, 0.1) is 0 Å². The number of rotatable bonds is 3. The van der Waals surface area contributed by atoms with Crippen LogP contribution < -0.4 is 5.73 Å². The molecule has 0 aliphatic carbocycles. The van der Waals surface area contributed by atoms with E-state index in [0.29, 0.717) is 0 Å². The Kier molecular flexibility index (Phi) is 12.4. The number of carboxylic acids is 2. The summed E-state index contributed by atoms with van der Waals surface area (Å²) in [7, 11) is 0. The van der Waals surface area contributed by atoms with Crippen molar-refractivity contribution in [2.45, 2.75) is 12.5 Å². The van der Waals surface area contributed by atoms with Crippen LogP contribution in [0.1, 0.15) is 6.42 Å². The molecular weight excluding hydrogens is 165 g/mol. The summed E-state index contributed by atoms with van der Waals surface area (Å²) in [6.45, 7) is 0. The van der Waals surface area contributed by atoms with E-state index >= 15 is 0 Å². The van der Waals surface area contributed by atoms with Gasteiger partial charge in [0.25, 0.3) is 0 Å². The molecule has 0 rings (SSSR count). The molecule has 0 fully saturated rings. The monoisotopic (exact) mass is 174 g/mol. The van der Waals surface area contributed by atoms with E-state index in [4.69, 9.17) is 15.9 Å². The second-order valence-electron chi connectivity index (χ2n) is 1.54. The SMILES string of the molecule is N[C@@H](CC(=O)O)C(=O)O.O.[Na]. The second kappa shape index (κ2) is 7.96. The van der Waals surface area contributed by atoms with Crippen LogP contribution in [0.3, 0.4) is 0 Å². The fraction of sp³-hybridized carbons (Fsp3) is 0.500. The van der Waals surface area contributed by atoms with Crippen LogP contribution in [-0.4, -0.2) is 63.2 Å². The Bertz CT molecular complexity index is 138. The average Bonchev–Trinajstić information content (AvgIpc) is 1.63. The summed E-state index contributed by atoms with van der Waals surface area (Å²) >= 11 is 0. The third kappa shape index (κ3) is 9.86. The normalized spacial score (nSPS) is 10.3. The van der Waals surface area contributed by atoms with Crippen molar-refractivity contribution in [2.75, 3.05) is 0 Å². The fourth-order valence-corrected chi connectivity index (χ4v) is 0.275. The number of nitrogens with two attached hydrogens (primary N) is 1. The summed E-state index contributed by atoms with van der Waals surface area (Å²) < 4.78 is 0. The van der Waals surface area contributed by atoms with Crippen LogP contribution in [0.2, 0.25) is 0 Å².